The van der Waals surface area contributed by atoms with Crippen LogP contribution in [0.4, 0.5) is 0 Å². The molecule has 124 valence electrons. The average molecular weight is 341 g/mol. The lowest BCUT2D eigenvalue weighted by Crippen LogP contribution is -2.33. The van der Waals surface area contributed by atoms with E-state index in [0.29, 0.717) is 12.5 Å². The summed E-state index contributed by atoms with van der Waals surface area (Å²) in [5.74, 6) is 1.40. The van der Waals surface area contributed by atoms with E-state index >= 15 is 0 Å². The highest BCUT2D eigenvalue weighted by molar-refractivity contribution is 7.07. The Balaban J connectivity index is 1.57. The summed E-state index contributed by atoms with van der Waals surface area (Å²) in [5, 5.41) is 8.51. The zero-order chi connectivity index (χ0) is 16.4. The molecule has 0 saturated heterocycles. The van der Waals surface area contributed by atoms with Crippen molar-refractivity contribution in [2.45, 2.75) is 26.2 Å². The number of thiophene rings is 1. The van der Waals surface area contributed by atoms with Crippen LogP contribution < -0.4 is 5.56 Å². The van der Waals surface area contributed by atoms with Crippen LogP contribution in [-0.4, -0.2) is 30.8 Å². The molecule has 0 fully saturated rings. The monoisotopic (exact) mass is 341 g/mol. The fourth-order valence-electron chi connectivity index (χ4n) is 3.27. The molecule has 4 rings (SSSR count). The van der Waals surface area contributed by atoms with Gasteiger partial charge in [-0.15, -0.1) is 0 Å². The Morgan fingerprint density at radius 3 is 3.04 bits per heavy atom. The second-order valence-electron chi connectivity index (χ2n) is 6.21. The molecular formula is C17H19N5OS. The van der Waals surface area contributed by atoms with E-state index in [1.165, 1.54) is 5.56 Å². The van der Waals surface area contributed by atoms with Crippen LogP contribution in [0.15, 0.2) is 52.3 Å². The van der Waals surface area contributed by atoms with Crippen LogP contribution in [0.2, 0.25) is 0 Å². The first-order chi connectivity index (χ1) is 11.8. The molecule has 6 nitrogen and oxygen atoms in total. The lowest BCUT2D eigenvalue weighted by Gasteiger charge is -2.23. The maximum absolute atomic E-state index is 12.0. The van der Waals surface area contributed by atoms with Gasteiger partial charge in [0.2, 0.25) is 0 Å². The highest BCUT2D eigenvalue weighted by atomic mass is 32.1. The van der Waals surface area contributed by atoms with E-state index in [-0.39, 0.29) is 5.56 Å². The summed E-state index contributed by atoms with van der Waals surface area (Å²) in [7, 11) is 0. The lowest BCUT2D eigenvalue weighted by molar-refractivity contribution is 0.204. The van der Waals surface area contributed by atoms with Gasteiger partial charge in [0.15, 0.2) is 0 Å². The van der Waals surface area contributed by atoms with E-state index in [9.17, 15) is 4.79 Å². The minimum Gasteiger partial charge on any atom is -0.333 e. The van der Waals surface area contributed by atoms with Gasteiger partial charge in [-0.1, -0.05) is 0 Å². The van der Waals surface area contributed by atoms with Crippen molar-refractivity contribution < 1.29 is 0 Å². The van der Waals surface area contributed by atoms with Crippen molar-refractivity contribution in [3.8, 4) is 0 Å². The third-order valence-electron chi connectivity index (χ3n) is 4.34. The smallest absolute Gasteiger partial charge is 0.266 e. The van der Waals surface area contributed by atoms with Crippen molar-refractivity contribution in [1.82, 2.24) is 24.2 Å². The van der Waals surface area contributed by atoms with E-state index in [2.05, 4.69) is 36.4 Å². The summed E-state index contributed by atoms with van der Waals surface area (Å²) in [5.41, 5.74) is 1.28. The van der Waals surface area contributed by atoms with Crippen molar-refractivity contribution in [2.24, 2.45) is 5.92 Å². The molecular weight excluding hydrogens is 322 g/mol. The second-order valence-corrected chi connectivity index (χ2v) is 6.99. The van der Waals surface area contributed by atoms with Gasteiger partial charge in [0.05, 0.1) is 13.1 Å². The number of hydrogen-bond acceptors (Lipinski definition) is 5. The first-order valence-corrected chi connectivity index (χ1v) is 8.98. The highest BCUT2D eigenvalue weighted by Crippen LogP contribution is 2.19. The lowest BCUT2D eigenvalue weighted by atomic mass is 10.1. The number of aromatic nitrogens is 4. The van der Waals surface area contributed by atoms with Crippen molar-refractivity contribution in [2.75, 3.05) is 6.54 Å². The van der Waals surface area contributed by atoms with Crippen molar-refractivity contribution in [1.29, 1.82) is 0 Å². The molecule has 0 N–H and O–H groups in total. The van der Waals surface area contributed by atoms with Gasteiger partial charge in [0.25, 0.3) is 5.56 Å². The summed E-state index contributed by atoms with van der Waals surface area (Å²) >= 11 is 1.72. The zero-order valence-corrected chi connectivity index (χ0v) is 14.1. The molecule has 0 spiro atoms. The van der Waals surface area contributed by atoms with Gasteiger partial charge in [-0.25, -0.2) is 9.67 Å². The number of nitrogens with zero attached hydrogens (tertiary/aromatic N) is 5. The van der Waals surface area contributed by atoms with Gasteiger partial charge >= 0.3 is 0 Å². The van der Waals surface area contributed by atoms with E-state index in [1.54, 1.807) is 34.3 Å². The third-order valence-corrected chi connectivity index (χ3v) is 5.07. The number of hydrogen-bond donors (Lipinski definition) is 0. The molecule has 24 heavy (non-hydrogen) atoms. The quantitative estimate of drug-likeness (QED) is 0.726. The Kier molecular flexibility index (Phi) is 4.27. The molecule has 1 atom stereocenters. The molecule has 0 bridgehead atoms. The van der Waals surface area contributed by atoms with Crippen LogP contribution in [0, 0.1) is 5.92 Å². The second kappa shape index (κ2) is 6.70. The predicted octanol–water partition coefficient (Wildman–Crippen LogP) is 1.83. The maximum Gasteiger partial charge on any atom is 0.266 e. The first kappa shape index (κ1) is 15.3. The van der Waals surface area contributed by atoms with Gasteiger partial charge in [-0.05, 0) is 28.5 Å². The Hall–Kier alpha value is -2.25. The molecule has 4 heterocycles. The molecule has 0 unspecified atom stereocenters. The number of fused-ring (bicyclic) bond motifs is 1. The SMILES string of the molecule is O=c1cccnn1C[C@H]1CN(Cc2ccsc2)Cc2nccn2C1. The molecule has 3 aromatic heterocycles. The van der Waals surface area contributed by atoms with Crippen molar-refractivity contribution in [3.05, 3.63) is 69.3 Å². The van der Waals surface area contributed by atoms with E-state index < -0.39 is 0 Å². The normalized spacial score (nSPS) is 18.2. The summed E-state index contributed by atoms with van der Waals surface area (Å²) < 4.78 is 3.77. The van der Waals surface area contributed by atoms with Gasteiger partial charge in [-0.3, -0.25) is 9.69 Å². The molecule has 7 heteroatoms. The Morgan fingerprint density at radius 1 is 1.25 bits per heavy atom. The molecule has 1 aliphatic rings. The first-order valence-electron chi connectivity index (χ1n) is 8.03. The van der Waals surface area contributed by atoms with Crippen LogP contribution >= 0.6 is 11.3 Å². The van der Waals surface area contributed by atoms with Crippen LogP contribution in [0.25, 0.3) is 0 Å². The third kappa shape index (κ3) is 3.32. The Bertz CT molecular complexity index is 854. The molecule has 0 aromatic carbocycles. The zero-order valence-electron chi connectivity index (χ0n) is 13.3. The molecule has 1 aliphatic heterocycles. The van der Waals surface area contributed by atoms with Crippen LogP contribution in [-0.2, 0) is 26.2 Å². The maximum atomic E-state index is 12.0. The largest absolute Gasteiger partial charge is 0.333 e. The molecule has 0 aliphatic carbocycles. The average Bonchev–Trinajstić information content (AvgIpc) is 3.19. The summed E-state index contributed by atoms with van der Waals surface area (Å²) in [4.78, 5) is 18.9. The summed E-state index contributed by atoms with van der Waals surface area (Å²) in [6.07, 6.45) is 5.55. The standard InChI is InChI=1S/C17H19N5OS/c23-17-2-1-4-19-22(17)11-15-9-20(8-14-3-7-24-13-14)12-16-18-5-6-21(16)10-15/h1-7,13,15H,8-12H2/t15-/m0/s1. The summed E-state index contributed by atoms with van der Waals surface area (Å²) in [6.45, 7) is 4.14. The highest BCUT2D eigenvalue weighted by Gasteiger charge is 2.23. The summed E-state index contributed by atoms with van der Waals surface area (Å²) in [6, 6.07) is 5.42. The van der Waals surface area contributed by atoms with Crippen LogP contribution in [0.5, 0.6) is 0 Å². The van der Waals surface area contributed by atoms with Gasteiger partial charge in [0, 0.05) is 50.2 Å². The molecule has 3 aromatic rings. The minimum atomic E-state index is -0.0445. The van der Waals surface area contributed by atoms with Crippen molar-refractivity contribution >= 4 is 11.3 Å². The molecule has 0 radical (unpaired) electrons. The fraction of sp³-hybridized carbons (Fsp3) is 0.353. The van der Waals surface area contributed by atoms with E-state index in [4.69, 9.17) is 0 Å². The van der Waals surface area contributed by atoms with Gasteiger partial charge in [0.1, 0.15) is 5.82 Å². The van der Waals surface area contributed by atoms with Crippen LogP contribution in [0.3, 0.4) is 0 Å². The Morgan fingerprint density at radius 2 is 2.21 bits per heavy atom. The van der Waals surface area contributed by atoms with E-state index in [1.807, 2.05) is 12.4 Å². The number of imidazole rings is 1. The van der Waals surface area contributed by atoms with E-state index in [0.717, 1.165) is 32.0 Å². The van der Waals surface area contributed by atoms with Crippen molar-refractivity contribution in [3.63, 3.8) is 0 Å². The fourth-order valence-corrected chi connectivity index (χ4v) is 3.93. The number of rotatable bonds is 4. The molecule has 0 saturated carbocycles. The Labute approximate surface area is 144 Å². The minimum absolute atomic E-state index is 0.0445. The van der Waals surface area contributed by atoms with Gasteiger partial charge in [-0.2, -0.15) is 16.4 Å². The molecule has 0 amide bonds. The topological polar surface area (TPSA) is 56.0 Å². The van der Waals surface area contributed by atoms with Gasteiger partial charge < -0.3 is 4.57 Å². The predicted molar refractivity (Wildman–Crippen MR) is 92.6 cm³/mol. The van der Waals surface area contributed by atoms with Crippen LogP contribution in [0.1, 0.15) is 11.4 Å².